The lowest BCUT2D eigenvalue weighted by molar-refractivity contribution is 0.510. The molecular formula is C13H16N2O. The third-order valence-electron chi connectivity index (χ3n) is 3.25. The first-order valence-corrected chi connectivity index (χ1v) is 5.53. The highest BCUT2D eigenvalue weighted by atomic mass is 16.1. The van der Waals surface area contributed by atoms with Gasteiger partial charge in [0.05, 0.1) is 0 Å². The Morgan fingerprint density at radius 2 is 2.06 bits per heavy atom. The van der Waals surface area contributed by atoms with E-state index in [2.05, 4.69) is 30.7 Å². The predicted molar refractivity (Wildman–Crippen MR) is 65.7 cm³/mol. The average Bonchev–Trinajstić information content (AvgIpc) is 2.27. The molecule has 0 aliphatic rings. The summed E-state index contributed by atoms with van der Waals surface area (Å²) in [5.74, 6) is 0. The van der Waals surface area contributed by atoms with Crippen molar-refractivity contribution >= 4 is 11.0 Å². The topological polar surface area (TPSA) is 45.8 Å². The molecular weight excluding hydrogens is 200 g/mol. The van der Waals surface area contributed by atoms with Crippen molar-refractivity contribution in [2.75, 3.05) is 0 Å². The summed E-state index contributed by atoms with van der Waals surface area (Å²) in [5, 5.41) is 1.04. The van der Waals surface area contributed by atoms with Crippen molar-refractivity contribution in [3.05, 3.63) is 40.3 Å². The third-order valence-corrected chi connectivity index (χ3v) is 3.25. The molecule has 0 spiro atoms. The Hall–Kier alpha value is -1.64. The van der Waals surface area contributed by atoms with Gasteiger partial charge in [0.1, 0.15) is 5.65 Å². The van der Waals surface area contributed by atoms with Crippen molar-refractivity contribution in [3.63, 3.8) is 0 Å². The van der Waals surface area contributed by atoms with Gasteiger partial charge in [-0.25, -0.2) is 4.98 Å². The van der Waals surface area contributed by atoms with Crippen LogP contribution in [0.4, 0.5) is 0 Å². The van der Waals surface area contributed by atoms with Gasteiger partial charge in [0.2, 0.25) is 5.56 Å². The van der Waals surface area contributed by atoms with E-state index in [4.69, 9.17) is 0 Å². The smallest absolute Gasteiger partial charge is 0.249 e. The van der Waals surface area contributed by atoms with Crippen LogP contribution >= 0.6 is 0 Å². The highest BCUT2D eigenvalue weighted by Gasteiger charge is 2.20. The quantitative estimate of drug-likeness (QED) is 0.838. The zero-order valence-corrected chi connectivity index (χ0v) is 9.87. The van der Waals surface area contributed by atoms with Crippen LogP contribution in [0.5, 0.6) is 0 Å². The number of pyridine rings is 2. The van der Waals surface area contributed by atoms with Crippen molar-refractivity contribution in [2.24, 2.45) is 0 Å². The Kier molecular flexibility index (Phi) is 2.54. The Labute approximate surface area is 94.5 Å². The molecule has 0 fully saturated rings. The van der Waals surface area contributed by atoms with E-state index in [-0.39, 0.29) is 11.0 Å². The van der Waals surface area contributed by atoms with Crippen LogP contribution in [0.2, 0.25) is 0 Å². The maximum Gasteiger partial charge on any atom is 0.249 e. The number of aromatic nitrogens is 2. The first-order chi connectivity index (χ1) is 7.54. The summed E-state index contributed by atoms with van der Waals surface area (Å²) in [6, 6.07) is 5.44. The summed E-state index contributed by atoms with van der Waals surface area (Å²) in [6.45, 7) is 6.57. The molecule has 0 atom stereocenters. The first-order valence-electron chi connectivity index (χ1n) is 5.53. The molecule has 1 N–H and O–H groups in total. The standard InChI is InChI=1S/C13H16N2O/c1-4-13(2,3)10-7-8-14-12-9(10)5-6-11(16)15-12/h5-8H,4H2,1-3H3,(H,14,15,16). The lowest BCUT2D eigenvalue weighted by atomic mass is 9.81. The Morgan fingerprint density at radius 1 is 1.31 bits per heavy atom. The molecule has 0 aliphatic carbocycles. The Balaban J connectivity index is 2.77. The van der Waals surface area contributed by atoms with Crippen LogP contribution < -0.4 is 5.56 Å². The third kappa shape index (κ3) is 1.73. The van der Waals surface area contributed by atoms with Crippen molar-refractivity contribution in [1.29, 1.82) is 0 Å². The van der Waals surface area contributed by atoms with Gasteiger partial charge in [0, 0.05) is 17.6 Å². The SMILES string of the molecule is CCC(C)(C)c1ccnc2[nH]c(=O)ccc12. The molecule has 0 saturated carbocycles. The Bertz CT molecular complexity index is 569. The zero-order chi connectivity index (χ0) is 11.8. The summed E-state index contributed by atoms with van der Waals surface area (Å²) in [5.41, 5.74) is 1.90. The molecule has 0 radical (unpaired) electrons. The van der Waals surface area contributed by atoms with E-state index in [1.54, 1.807) is 12.3 Å². The number of nitrogens with one attached hydrogen (secondary N) is 1. The highest BCUT2D eigenvalue weighted by Crippen LogP contribution is 2.30. The number of hydrogen-bond acceptors (Lipinski definition) is 2. The van der Waals surface area contributed by atoms with Crippen molar-refractivity contribution in [1.82, 2.24) is 9.97 Å². The maximum atomic E-state index is 11.2. The minimum absolute atomic E-state index is 0.0967. The molecule has 2 rings (SSSR count). The van der Waals surface area contributed by atoms with Crippen LogP contribution in [0, 0.1) is 0 Å². The van der Waals surface area contributed by atoms with E-state index in [9.17, 15) is 4.79 Å². The number of fused-ring (bicyclic) bond motifs is 1. The van der Waals surface area contributed by atoms with Crippen LogP contribution in [0.1, 0.15) is 32.8 Å². The van der Waals surface area contributed by atoms with Crippen molar-refractivity contribution in [3.8, 4) is 0 Å². The van der Waals surface area contributed by atoms with Gasteiger partial charge in [-0.05, 0) is 29.5 Å². The number of aromatic amines is 1. The van der Waals surface area contributed by atoms with E-state index >= 15 is 0 Å². The second-order valence-corrected chi connectivity index (χ2v) is 4.68. The van der Waals surface area contributed by atoms with E-state index in [1.165, 1.54) is 5.56 Å². The first kappa shape index (κ1) is 10.9. The molecule has 0 amide bonds. The van der Waals surface area contributed by atoms with Crippen molar-refractivity contribution in [2.45, 2.75) is 32.6 Å². The fourth-order valence-electron chi connectivity index (χ4n) is 1.84. The fourth-order valence-corrected chi connectivity index (χ4v) is 1.84. The summed E-state index contributed by atoms with van der Waals surface area (Å²) in [6.07, 6.45) is 2.80. The zero-order valence-electron chi connectivity index (χ0n) is 9.87. The van der Waals surface area contributed by atoms with Crippen molar-refractivity contribution < 1.29 is 0 Å². The largest absolute Gasteiger partial charge is 0.307 e. The van der Waals surface area contributed by atoms with Gasteiger partial charge in [0.25, 0.3) is 0 Å². The fraction of sp³-hybridized carbons (Fsp3) is 0.385. The van der Waals surface area contributed by atoms with Crippen LogP contribution in [0.3, 0.4) is 0 Å². The monoisotopic (exact) mass is 216 g/mol. The number of hydrogen-bond donors (Lipinski definition) is 1. The lowest BCUT2D eigenvalue weighted by Gasteiger charge is -2.24. The number of rotatable bonds is 2. The van der Waals surface area contributed by atoms with Gasteiger partial charge >= 0.3 is 0 Å². The minimum Gasteiger partial charge on any atom is -0.307 e. The van der Waals surface area contributed by atoms with Gasteiger partial charge in [-0.15, -0.1) is 0 Å². The van der Waals surface area contributed by atoms with Crippen LogP contribution in [-0.4, -0.2) is 9.97 Å². The molecule has 0 aliphatic heterocycles. The normalized spacial score (nSPS) is 11.9. The van der Waals surface area contributed by atoms with Crippen LogP contribution in [-0.2, 0) is 5.41 Å². The molecule has 0 aromatic carbocycles. The highest BCUT2D eigenvalue weighted by molar-refractivity contribution is 5.79. The molecule has 3 nitrogen and oxygen atoms in total. The Morgan fingerprint density at radius 3 is 2.75 bits per heavy atom. The second-order valence-electron chi connectivity index (χ2n) is 4.68. The summed E-state index contributed by atoms with van der Waals surface area (Å²) in [7, 11) is 0. The van der Waals surface area contributed by atoms with Gasteiger partial charge in [-0.1, -0.05) is 20.8 Å². The molecule has 0 saturated heterocycles. The van der Waals surface area contributed by atoms with E-state index in [0.717, 1.165) is 11.8 Å². The summed E-state index contributed by atoms with van der Waals surface area (Å²) in [4.78, 5) is 18.2. The van der Waals surface area contributed by atoms with Crippen LogP contribution in [0.15, 0.2) is 29.2 Å². The van der Waals surface area contributed by atoms with Gasteiger partial charge in [0.15, 0.2) is 0 Å². The lowest BCUT2D eigenvalue weighted by Crippen LogP contribution is -2.17. The molecule has 2 heterocycles. The summed E-state index contributed by atoms with van der Waals surface area (Å²) >= 11 is 0. The van der Waals surface area contributed by atoms with E-state index in [0.29, 0.717) is 5.65 Å². The molecule has 2 aromatic rings. The van der Waals surface area contributed by atoms with E-state index in [1.807, 2.05) is 12.1 Å². The number of nitrogens with zero attached hydrogens (tertiary/aromatic N) is 1. The molecule has 3 heteroatoms. The van der Waals surface area contributed by atoms with Crippen LogP contribution in [0.25, 0.3) is 11.0 Å². The van der Waals surface area contributed by atoms with Gasteiger partial charge in [-0.3, -0.25) is 4.79 Å². The van der Waals surface area contributed by atoms with Gasteiger partial charge < -0.3 is 4.98 Å². The molecule has 2 aromatic heterocycles. The predicted octanol–water partition coefficient (Wildman–Crippen LogP) is 2.61. The molecule has 0 bridgehead atoms. The van der Waals surface area contributed by atoms with E-state index < -0.39 is 0 Å². The molecule has 16 heavy (non-hydrogen) atoms. The maximum absolute atomic E-state index is 11.2. The average molecular weight is 216 g/mol. The second kappa shape index (κ2) is 3.74. The molecule has 84 valence electrons. The number of H-pyrrole nitrogens is 1. The summed E-state index contributed by atoms with van der Waals surface area (Å²) < 4.78 is 0. The molecule has 0 unspecified atom stereocenters. The van der Waals surface area contributed by atoms with Gasteiger partial charge in [-0.2, -0.15) is 0 Å². The minimum atomic E-state index is -0.105.